The maximum absolute atomic E-state index is 8.83. The first-order valence-electron chi connectivity index (χ1n) is 3.98. The van der Waals surface area contributed by atoms with Gasteiger partial charge in [0.1, 0.15) is 0 Å². The lowest BCUT2D eigenvalue weighted by molar-refractivity contribution is -0.145. The van der Waals surface area contributed by atoms with Crippen LogP contribution >= 0.6 is 0 Å². The van der Waals surface area contributed by atoms with E-state index in [1.54, 1.807) is 0 Å². The first kappa shape index (κ1) is 8.97. The van der Waals surface area contributed by atoms with E-state index >= 15 is 0 Å². The third-order valence-electron chi connectivity index (χ3n) is 1.95. The summed E-state index contributed by atoms with van der Waals surface area (Å²) in [6.07, 6.45) is 0.0509. The van der Waals surface area contributed by atoms with Crippen LogP contribution in [0.2, 0.25) is 0 Å². The van der Waals surface area contributed by atoms with Crippen molar-refractivity contribution in [1.82, 2.24) is 0 Å². The second-order valence-electron chi connectivity index (χ2n) is 3.53. The fourth-order valence-electron chi connectivity index (χ4n) is 1.11. The Balaban J connectivity index is 2.41. The fraction of sp³-hybridized carbons (Fsp3) is 1.00. The number of aliphatic hydroxyl groups excluding tert-OH is 1. The maximum atomic E-state index is 8.83. The molecule has 0 saturated carbocycles. The highest BCUT2D eigenvalue weighted by Crippen LogP contribution is 2.26. The van der Waals surface area contributed by atoms with E-state index in [1.165, 1.54) is 0 Å². The summed E-state index contributed by atoms with van der Waals surface area (Å²) in [4.78, 5) is 0. The van der Waals surface area contributed by atoms with E-state index in [0.717, 1.165) is 0 Å². The Hall–Kier alpha value is -0.120. The van der Waals surface area contributed by atoms with Gasteiger partial charge in [-0.05, 0) is 13.8 Å². The molecule has 0 spiro atoms. The van der Waals surface area contributed by atoms with Crippen molar-refractivity contribution in [1.29, 1.82) is 0 Å². The lowest BCUT2D eigenvalue weighted by Crippen LogP contribution is -2.26. The van der Waals surface area contributed by atoms with E-state index in [0.29, 0.717) is 6.61 Å². The van der Waals surface area contributed by atoms with Gasteiger partial charge in [0.2, 0.25) is 0 Å². The quantitative estimate of drug-likeness (QED) is 0.648. The van der Waals surface area contributed by atoms with Crippen molar-refractivity contribution in [2.24, 2.45) is 5.92 Å². The number of hydrogen-bond donors (Lipinski definition) is 1. The van der Waals surface area contributed by atoms with E-state index in [9.17, 15) is 0 Å². The molecule has 1 aliphatic heterocycles. The third-order valence-corrected chi connectivity index (χ3v) is 1.95. The molecule has 3 heteroatoms. The summed E-state index contributed by atoms with van der Waals surface area (Å²) >= 11 is 0. The minimum absolute atomic E-state index is 0.0509. The summed E-state index contributed by atoms with van der Waals surface area (Å²) in [5, 5.41) is 8.83. The molecule has 0 radical (unpaired) electrons. The number of aliphatic hydroxyl groups is 1. The number of hydrogen-bond acceptors (Lipinski definition) is 3. The fourth-order valence-corrected chi connectivity index (χ4v) is 1.11. The standard InChI is InChI=1S/C8H16O3/c1-6(4-9)7-5-10-8(2,3)11-7/h6-7,9H,4-5H2,1-3H3/t6-,7-/m0/s1. The van der Waals surface area contributed by atoms with Crippen molar-refractivity contribution in [2.45, 2.75) is 32.7 Å². The third kappa shape index (κ3) is 2.15. The zero-order valence-electron chi connectivity index (χ0n) is 7.33. The molecule has 0 aliphatic carbocycles. The average molecular weight is 160 g/mol. The van der Waals surface area contributed by atoms with Gasteiger partial charge in [-0.1, -0.05) is 6.92 Å². The molecule has 0 amide bonds. The highest BCUT2D eigenvalue weighted by atomic mass is 16.7. The topological polar surface area (TPSA) is 38.7 Å². The van der Waals surface area contributed by atoms with Crippen LogP contribution in [0.5, 0.6) is 0 Å². The van der Waals surface area contributed by atoms with Gasteiger partial charge in [-0.3, -0.25) is 0 Å². The van der Waals surface area contributed by atoms with Gasteiger partial charge in [0.25, 0.3) is 0 Å². The molecule has 1 N–H and O–H groups in total. The van der Waals surface area contributed by atoms with Crippen LogP contribution in [0.3, 0.4) is 0 Å². The molecule has 1 aliphatic rings. The van der Waals surface area contributed by atoms with Crippen molar-refractivity contribution < 1.29 is 14.6 Å². The molecule has 1 rings (SSSR count). The molecule has 1 heterocycles. The Morgan fingerprint density at radius 3 is 2.64 bits per heavy atom. The first-order valence-corrected chi connectivity index (χ1v) is 3.98. The zero-order chi connectivity index (χ0) is 8.48. The van der Waals surface area contributed by atoms with E-state index in [4.69, 9.17) is 14.6 Å². The highest BCUT2D eigenvalue weighted by molar-refractivity contribution is 4.74. The number of ether oxygens (including phenoxy) is 2. The summed E-state index contributed by atoms with van der Waals surface area (Å²) in [5.41, 5.74) is 0. The highest BCUT2D eigenvalue weighted by Gasteiger charge is 2.35. The molecule has 0 aromatic heterocycles. The van der Waals surface area contributed by atoms with E-state index in [1.807, 2.05) is 20.8 Å². The summed E-state index contributed by atoms with van der Waals surface area (Å²) in [7, 11) is 0. The molecule has 0 aromatic rings. The van der Waals surface area contributed by atoms with E-state index in [2.05, 4.69) is 0 Å². The van der Waals surface area contributed by atoms with Crippen LogP contribution in [0.15, 0.2) is 0 Å². The molecule has 0 unspecified atom stereocenters. The minimum Gasteiger partial charge on any atom is -0.396 e. The zero-order valence-corrected chi connectivity index (χ0v) is 7.33. The lowest BCUT2D eigenvalue weighted by Gasteiger charge is -2.19. The molecule has 11 heavy (non-hydrogen) atoms. The lowest BCUT2D eigenvalue weighted by atomic mass is 10.1. The molecule has 66 valence electrons. The Kier molecular flexibility index (Phi) is 2.52. The second-order valence-corrected chi connectivity index (χ2v) is 3.53. The molecule has 1 saturated heterocycles. The smallest absolute Gasteiger partial charge is 0.163 e. The Morgan fingerprint density at radius 2 is 2.27 bits per heavy atom. The molecular formula is C8H16O3. The molecule has 3 nitrogen and oxygen atoms in total. The van der Waals surface area contributed by atoms with Crippen molar-refractivity contribution in [3.05, 3.63) is 0 Å². The molecule has 2 atom stereocenters. The van der Waals surface area contributed by atoms with Gasteiger partial charge in [-0.15, -0.1) is 0 Å². The predicted octanol–water partition coefficient (Wildman–Crippen LogP) is 0.766. The number of rotatable bonds is 2. The van der Waals surface area contributed by atoms with Gasteiger partial charge >= 0.3 is 0 Å². The molecular weight excluding hydrogens is 144 g/mol. The predicted molar refractivity (Wildman–Crippen MR) is 41.2 cm³/mol. The van der Waals surface area contributed by atoms with Crippen LogP contribution < -0.4 is 0 Å². The van der Waals surface area contributed by atoms with Crippen LogP contribution in [-0.2, 0) is 9.47 Å². The Morgan fingerprint density at radius 1 is 1.64 bits per heavy atom. The monoisotopic (exact) mass is 160 g/mol. The Labute approximate surface area is 67.3 Å². The SMILES string of the molecule is C[C@@H](CO)[C@@H]1COC(C)(C)O1. The van der Waals surface area contributed by atoms with Crippen molar-refractivity contribution in [3.63, 3.8) is 0 Å². The van der Waals surface area contributed by atoms with Gasteiger partial charge < -0.3 is 14.6 Å². The maximum Gasteiger partial charge on any atom is 0.163 e. The van der Waals surface area contributed by atoms with E-state index < -0.39 is 5.79 Å². The van der Waals surface area contributed by atoms with Crippen molar-refractivity contribution in [3.8, 4) is 0 Å². The van der Waals surface area contributed by atoms with Gasteiger partial charge in [-0.2, -0.15) is 0 Å². The van der Waals surface area contributed by atoms with Crippen LogP contribution in [0.25, 0.3) is 0 Å². The summed E-state index contributed by atoms with van der Waals surface area (Å²) in [6, 6.07) is 0. The van der Waals surface area contributed by atoms with Crippen LogP contribution in [0.4, 0.5) is 0 Å². The molecule has 0 aromatic carbocycles. The summed E-state index contributed by atoms with van der Waals surface area (Å²) in [6.45, 7) is 6.47. The van der Waals surface area contributed by atoms with Gasteiger partial charge in [-0.25, -0.2) is 0 Å². The van der Waals surface area contributed by atoms with Crippen LogP contribution in [0.1, 0.15) is 20.8 Å². The second kappa shape index (κ2) is 3.09. The summed E-state index contributed by atoms with van der Waals surface area (Å²) < 4.78 is 10.9. The summed E-state index contributed by atoms with van der Waals surface area (Å²) in [5.74, 6) is -0.301. The molecule has 1 fully saturated rings. The van der Waals surface area contributed by atoms with Crippen molar-refractivity contribution in [2.75, 3.05) is 13.2 Å². The normalized spacial score (nSPS) is 32.2. The minimum atomic E-state index is -0.464. The van der Waals surface area contributed by atoms with Gasteiger partial charge in [0.15, 0.2) is 5.79 Å². The average Bonchev–Trinajstić information content (AvgIpc) is 2.29. The van der Waals surface area contributed by atoms with E-state index in [-0.39, 0.29) is 18.6 Å². The molecule has 0 bridgehead atoms. The van der Waals surface area contributed by atoms with Crippen molar-refractivity contribution >= 4 is 0 Å². The first-order chi connectivity index (χ1) is 5.05. The van der Waals surface area contributed by atoms with Gasteiger partial charge in [0.05, 0.1) is 12.7 Å². The van der Waals surface area contributed by atoms with Crippen LogP contribution in [0, 0.1) is 5.92 Å². The largest absolute Gasteiger partial charge is 0.396 e. The van der Waals surface area contributed by atoms with Gasteiger partial charge in [0, 0.05) is 12.5 Å². The van der Waals surface area contributed by atoms with Crippen LogP contribution in [-0.4, -0.2) is 30.2 Å². The Bertz CT molecular complexity index is 133.